The van der Waals surface area contributed by atoms with Gasteiger partial charge in [0.1, 0.15) is 6.54 Å². The van der Waals surface area contributed by atoms with Crippen molar-refractivity contribution in [1.82, 2.24) is 9.47 Å². The maximum atomic E-state index is 13.2. The van der Waals surface area contributed by atoms with E-state index in [0.29, 0.717) is 25.7 Å². The van der Waals surface area contributed by atoms with Gasteiger partial charge < -0.3 is 18.9 Å². The van der Waals surface area contributed by atoms with Gasteiger partial charge in [-0.1, -0.05) is 48.5 Å². The van der Waals surface area contributed by atoms with Gasteiger partial charge in [-0.05, 0) is 30.5 Å². The van der Waals surface area contributed by atoms with Crippen LogP contribution in [0.5, 0.6) is 0 Å². The van der Waals surface area contributed by atoms with Crippen LogP contribution in [0.2, 0.25) is 0 Å². The Hall–Kier alpha value is -2.63. The summed E-state index contributed by atoms with van der Waals surface area (Å²) >= 11 is 0. The van der Waals surface area contributed by atoms with Crippen LogP contribution in [-0.4, -0.2) is 48.0 Å². The fourth-order valence-electron chi connectivity index (χ4n) is 4.53. The Morgan fingerprint density at radius 1 is 0.931 bits per heavy atom. The lowest BCUT2D eigenvalue weighted by Gasteiger charge is -2.34. The van der Waals surface area contributed by atoms with Crippen molar-refractivity contribution in [3.8, 4) is 11.3 Å². The molecule has 0 radical (unpaired) electrons. The molecule has 0 saturated carbocycles. The van der Waals surface area contributed by atoms with Crippen LogP contribution in [0, 0.1) is 5.92 Å². The van der Waals surface area contributed by atoms with Gasteiger partial charge in [-0.15, -0.1) is 0 Å². The highest BCUT2D eigenvalue weighted by molar-refractivity contribution is 5.89. The molecule has 2 aliphatic heterocycles. The van der Waals surface area contributed by atoms with Crippen LogP contribution in [0.25, 0.3) is 22.2 Å². The molecule has 3 aromatic rings. The first-order valence-corrected chi connectivity index (χ1v) is 10.4. The smallest absolute Gasteiger partial charge is 0.242 e. The monoisotopic (exact) mass is 390 g/mol. The van der Waals surface area contributed by atoms with E-state index in [2.05, 4.69) is 34.9 Å². The molecule has 0 atom stereocenters. The number of hydrogen-bond donors (Lipinski definition) is 0. The fourth-order valence-corrected chi connectivity index (χ4v) is 4.53. The van der Waals surface area contributed by atoms with Crippen molar-refractivity contribution < 1.29 is 14.3 Å². The van der Waals surface area contributed by atoms with Crippen LogP contribution < -0.4 is 0 Å². The van der Waals surface area contributed by atoms with Crippen LogP contribution in [0.4, 0.5) is 0 Å². The van der Waals surface area contributed by atoms with E-state index in [-0.39, 0.29) is 12.2 Å². The standard InChI is InChI=1S/C24H26N2O3/c27-23(25-12-10-19(11-13-25)24-28-14-15-29-24)17-26-21-9-5-4-8-20(21)16-22(26)18-6-2-1-3-7-18/h1-9,16,19,24H,10-15,17H2. The number of ether oxygens (including phenoxy) is 2. The number of amides is 1. The molecule has 0 bridgehead atoms. The third kappa shape index (κ3) is 3.68. The van der Waals surface area contributed by atoms with Crippen molar-refractivity contribution in [3.63, 3.8) is 0 Å². The van der Waals surface area contributed by atoms with E-state index < -0.39 is 0 Å². The first kappa shape index (κ1) is 18.4. The van der Waals surface area contributed by atoms with E-state index in [1.165, 1.54) is 0 Å². The van der Waals surface area contributed by atoms with Crippen molar-refractivity contribution in [2.45, 2.75) is 25.7 Å². The Morgan fingerprint density at radius 2 is 1.62 bits per heavy atom. The second-order valence-corrected chi connectivity index (χ2v) is 7.87. The normalized spacial score (nSPS) is 18.6. The molecule has 150 valence electrons. The average molecular weight is 390 g/mol. The number of piperidine rings is 1. The van der Waals surface area contributed by atoms with Gasteiger partial charge in [-0.2, -0.15) is 0 Å². The SMILES string of the molecule is O=C(Cn1c(-c2ccccc2)cc2ccccc21)N1CCC(C2OCCO2)CC1. The summed E-state index contributed by atoms with van der Waals surface area (Å²) in [6, 6.07) is 20.7. The number of nitrogens with zero attached hydrogens (tertiary/aromatic N) is 2. The lowest BCUT2D eigenvalue weighted by Crippen LogP contribution is -2.42. The highest BCUT2D eigenvalue weighted by Gasteiger charge is 2.32. The Morgan fingerprint density at radius 3 is 2.38 bits per heavy atom. The number of hydrogen-bond acceptors (Lipinski definition) is 3. The fraction of sp³-hybridized carbons (Fsp3) is 0.375. The second kappa shape index (κ2) is 8.01. The van der Waals surface area contributed by atoms with Crippen molar-refractivity contribution in [2.24, 2.45) is 5.92 Å². The van der Waals surface area contributed by atoms with E-state index in [1.807, 2.05) is 35.2 Å². The zero-order chi connectivity index (χ0) is 19.6. The molecular weight excluding hydrogens is 364 g/mol. The van der Waals surface area contributed by atoms with Crippen LogP contribution in [0.3, 0.4) is 0 Å². The predicted molar refractivity (Wildman–Crippen MR) is 112 cm³/mol. The third-order valence-electron chi connectivity index (χ3n) is 6.10. The Labute approximate surface area is 170 Å². The topological polar surface area (TPSA) is 43.7 Å². The second-order valence-electron chi connectivity index (χ2n) is 7.87. The largest absolute Gasteiger partial charge is 0.350 e. The molecule has 5 heteroatoms. The number of carbonyl (C=O) groups excluding carboxylic acids is 1. The minimum Gasteiger partial charge on any atom is -0.350 e. The number of aromatic nitrogens is 1. The van der Waals surface area contributed by atoms with E-state index in [4.69, 9.17) is 9.47 Å². The van der Waals surface area contributed by atoms with Gasteiger partial charge >= 0.3 is 0 Å². The zero-order valence-corrected chi connectivity index (χ0v) is 16.5. The number of fused-ring (bicyclic) bond motifs is 1. The number of para-hydroxylation sites is 1. The molecule has 5 nitrogen and oxygen atoms in total. The first-order chi connectivity index (χ1) is 14.3. The Kier molecular flexibility index (Phi) is 5.08. The van der Waals surface area contributed by atoms with Crippen LogP contribution >= 0.6 is 0 Å². The Balaban J connectivity index is 1.35. The summed E-state index contributed by atoms with van der Waals surface area (Å²) in [5.41, 5.74) is 3.32. The van der Waals surface area contributed by atoms with Gasteiger partial charge in [0.05, 0.1) is 13.2 Å². The van der Waals surface area contributed by atoms with Gasteiger partial charge in [-0.25, -0.2) is 0 Å². The molecule has 0 aliphatic carbocycles. The predicted octanol–water partition coefficient (Wildman–Crippen LogP) is 3.92. The maximum absolute atomic E-state index is 13.2. The van der Waals surface area contributed by atoms with Gasteiger partial charge in [0.15, 0.2) is 6.29 Å². The van der Waals surface area contributed by atoms with Crippen molar-refractivity contribution >= 4 is 16.8 Å². The molecule has 2 aliphatic rings. The summed E-state index contributed by atoms with van der Waals surface area (Å²) in [7, 11) is 0. The van der Waals surface area contributed by atoms with E-state index in [1.54, 1.807) is 0 Å². The molecule has 2 saturated heterocycles. The van der Waals surface area contributed by atoms with Gasteiger partial charge in [-0.3, -0.25) is 4.79 Å². The first-order valence-electron chi connectivity index (χ1n) is 10.4. The quantitative estimate of drug-likeness (QED) is 0.678. The number of likely N-dealkylation sites (tertiary alicyclic amines) is 1. The van der Waals surface area contributed by atoms with Crippen molar-refractivity contribution in [3.05, 3.63) is 60.7 Å². The summed E-state index contributed by atoms with van der Waals surface area (Å²) in [4.78, 5) is 15.2. The van der Waals surface area contributed by atoms with Gasteiger partial charge in [0.25, 0.3) is 0 Å². The summed E-state index contributed by atoms with van der Waals surface area (Å²) in [6.45, 7) is 3.28. The van der Waals surface area contributed by atoms with Crippen molar-refractivity contribution in [2.75, 3.05) is 26.3 Å². The summed E-state index contributed by atoms with van der Waals surface area (Å²) in [5.74, 6) is 0.573. The highest BCUT2D eigenvalue weighted by Crippen LogP contribution is 2.29. The molecule has 29 heavy (non-hydrogen) atoms. The summed E-state index contributed by atoms with van der Waals surface area (Å²) in [5, 5.41) is 1.16. The summed E-state index contributed by atoms with van der Waals surface area (Å²) < 4.78 is 13.5. The molecular formula is C24H26N2O3. The molecule has 2 fully saturated rings. The number of benzene rings is 2. The van der Waals surface area contributed by atoms with E-state index in [9.17, 15) is 4.79 Å². The molecule has 1 aromatic heterocycles. The summed E-state index contributed by atoms with van der Waals surface area (Å²) in [6.07, 6.45) is 1.80. The molecule has 0 unspecified atom stereocenters. The van der Waals surface area contributed by atoms with E-state index >= 15 is 0 Å². The number of rotatable bonds is 4. The average Bonchev–Trinajstić information content (AvgIpc) is 3.43. The third-order valence-corrected chi connectivity index (χ3v) is 6.10. The lowest BCUT2D eigenvalue weighted by atomic mass is 9.96. The lowest BCUT2D eigenvalue weighted by molar-refractivity contribution is -0.137. The van der Waals surface area contributed by atoms with Crippen molar-refractivity contribution in [1.29, 1.82) is 0 Å². The minimum atomic E-state index is -0.0784. The molecule has 2 aromatic carbocycles. The maximum Gasteiger partial charge on any atom is 0.242 e. The van der Waals surface area contributed by atoms with Crippen LogP contribution in [-0.2, 0) is 20.8 Å². The molecule has 0 N–H and O–H groups in total. The molecule has 3 heterocycles. The van der Waals surface area contributed by atoms with Crippen LogP contribution in [0.15, 0.2) is 60.7 Å². The molecule has 1 amide bonds. The van der Waals surface area contributed by atoms with Gasteiger partial charge in [0, 0.05) is 35.6 Å². The Bertz CT molecular complexity index is 984. The van der Waals surface area contributed by atoms with Crippen LogP contribution in [0.1, 0.15) is 12.8 Å². The highest BCUT2D eigenvalue weighted by atomic mass is 16.7. The minimum absolute atomic E-state index is 0.0784. The molecule has 0 spiro atoms. The zero-order valence-electron chi connectivity index (χ0n) is 16.5. The number of carbonyl (C=O) groups is 1. The van der Waals surface area contributed by atoms with Gasteiger partial charge in [0.2, 0.25) is 5.91 Å². The molecule has 5 rings (SSSR count). The van der Waals surface area contributed by atoms with E-state index in [0.717, 1.165) is 48.1 Å².